The summed E-state index contributed by atoms with van der Waals surface area (Å²) in [5, 5.41) is 5.75. The largest absolute Gasteiger partial charge is 0.492 e. The van der Waals surface area contributed by atoms with Crippen LogP contribution in [0.25, 0.3) is 32.9 Å². The van der Waals surface area contributed by atoms with E-state index in [1.165, 1.54) is 0 Å². The van der Waals surface area contributed by atoms with E-state index in [1.807, 2.05) is 32.9 Å². The molecule has 0 aliphatic carbocycles. The number of hydrogen-bond donors (Lipinski definition) is 2. The number of hydrogen-bond acceptors (Lipinski definition) is 5. The fraction of sp³-hybridized carbons (Fsp3) is 0.240. The molecule has 1 aliphatic heterocycles. The van der Waals surface area contributed by atoms with Crippen molar-refractivity contribution >= 4 is 33.6 Å². The molecule has 4 aromatic rings. The minimum atomic E-state index is -0.544. The van der Waals surface area contributed by atoms with Gasteiger partial charge in [-0.2, -0.15) is 0 Å². The number of aryl methyl sites for hydroxylation is 2. The van der Waals surface area contributed by atoms with Gasteiger partial charge in [0.05, 0.1) is 29.9 Å². The quantitative estimate of drug-likeness (QED) is 0.494. The zero-order valence-electron chi connectivity index (χ0n) is 18.7. The number of aromatic amines is 1. The number of morpholine rings is 1. The number of carbonyl (C=O) groups excluding carboxylic acids is 2. The molecule has 1 atom stereocenters. The predicted molar refractivity (Wildman–Crippen MR) is 125 cm³/mol. The molecule has 2 aromatic heterocycles. The SMILES string of the molecule is C=C1CN(C(=O)c2ccc3c(c2)[nH]c2c(C(N)=O)cc(-c4c(C)noc4C)cc23)C[C@H](C)O1. The van der Waals surface area contributed by atoms with Gasteiger partial charge >= 0.3 is 0 Å². The van der Waals surface area contributed by atoms with E-state index in [0.717, 1.165) is 33.1 Å². The van der Waals surface area contributed by atoms with Crippen molar-refractivity contribution in [2.45, 2.75) is 26.9 Å². The summed E-state index contributed by atoms with van der Waals surface area (Å²) in [5.41, 5.74) is 10.4. The summed E-state index contributed by atoms with van der Waals surface area (Å²) in [6.07, 6.45) is -0.104. The maximum absolute atomic E-state index is 13.1. The van der Waals surface area contributed by atoms with E-state index in [4.69, 9.17) is 15.0 Å². The van der Waals surface area contributed by atoms with E-state index < -0.39 is 5.91 Å². The van der Waals surface area contributed by atoms with Crippen molar-refractivity contribution in [2.24, 2.45) is 5.73 Å². The third kappa shape index (κ3) is 3.44. The first-order valence-electron chi connectivity index (χ1n) is 10.7. The highest BCUT2D eigenvalue weighted by molar-refractivity contribution is 6.17. The third-order valence-corrected chi connectivity index (χ3v) is 6.04. The Balaban J connectivity index is 1.64. The van der Waals surface area contributed by atoms with Crippen LogP contribution < -0.4 is 5.73 Å². The second-order valence-electron chi connectivity index (χ2n) is 8.55. The zero-order chi connectivity index (χ0) is 23.4. The number of nitrogens with zero attached hydrogens (tertiary/aromatic N) is 2. The number of H-pyrrole nitrogens is 1. The molecule has 1 aliphatic rings. The number of aromatic nitrogens is 2. The Labute approximate surface area is 190 Å². The van der Waals surface area contributed by atoms with Crippen molar-refractivity contribution in [1.82, 2.24) is 15.0 Å². The smallest absolute Gasteiger partial charge is 0.254 e. The topological polar surface area (TPSA) is 114 Å². The van der Waals surface area contributed by atoms with Crippen LogP contribution in [0.4, 0.5) is 0 Å². The van der Waals surface area contributed by atoms with E-state index in [0.29, 0.717) is 41.3 Å². The molecule has 1 fully saturated rings. The second kappa shape index (κ2) is 7.51. The first-order valence-corrected chi connectivity index (χ1v) is 10.7. The lowest BCUT2D eigenvalue weighted by Crippen LogP contribution is -2.43. The average molecular weight is 444 g/mol. The number of ether oxygens (including phenoxy) is 1. The Hall–Kier alpha value is -4.07. The summed E-state index contributed by atoms with van der Waals surface area (Å²) in [4.78, 5) is 30.5. The van der Waals surface area contributed by atoms with Crippen molar-refractivity contribution in [1.29, 1.82) is 0 Å². The minimum Gasteiger partial charge on any atom is -0.492 e. The third-order valence-electron chi connectivity index (χ3n) is 6.04. The first kappa shape index (κ1) is 20.8. The fourth-order valence-corrected chi connectivity index (χ4v) is 4.66. The highest BCUT2D eigenvalue weighted by Crippen LogP contribution is 2.35. The van der Waals surface area contributed by atoms with Crippen LogP contribution in [0.2, 0.25) is 0 Å². The van der Waals surface area contributed by atoms with E-state index in [9.17, 15) is 9.59 Å². The van der Waals surface area contributed by atoms with Crippen LogP contribution in [-0.2, 0) is 4.74 Å². The van der Waals surface area contributed by atoms with Gasteiger partial charge in [0.25, 0.3) is 11.8 Å². The Kier molecular flexibility index (Phi) is 4.74. The van der Waals surface area contributed by atoms with E-state index >= 15 is 0 Å². The molecule has 0 bridgehead atoms. The Bertz CT molecular complexity index is 1440. The normalized spacial score (nSPS) is 16.4. The number of primary amides is 1. The molecular weight excluding hydrogens is 420 g/mol. The van der Waals surface area contributed by atoms with Gasteiger partial charge in [-0.15, -0.1) is 0 Å². The summed E-state index contributed by atoms with van der Waals surface area (Å²) >= 11 is 0. The van der Waals surface area contributed by atoms with Crippen molar-refractivity contribution < 1.29 is 18.8 Å². The molecule has 0 radical (unpaired) electrons. The van der Waals surface area contributed by atoms with Crippen LogP contribution >= 0.6 is 0 Å². The van der Waals surface area contributed by atoms with Crippen molar-refractivity contribution in [2.75, 3.05) is 13.1 Å². The summed E-state index contributed by atoms with van der Waals surface area (Å²) in [6.45, 7) is 10.3. The van der Waals surface area contributed by atoms with Crippen LogP contribution in [0.1, 0.15) is 39.1 Å². The van der Waals surface area contributed by atoms with Crippen LogP contribution in [0.15, 0.2) is 47.2 Å². The molecule has 8 heteroatoms. The summed E-state index contributed by atoms with van der Waals surface area (Å²) < 4.78 is 10.9. The maximum Gasteiger partial charge on any atom is 0.254 e. The van der Waals surface area contributed by atoms with Gasteiger partial charge in [0, 0.05) is 27.4 Å². The molecule has 33 heavy (non-hydrogen) atoms. The van der Waals surface area contributed by atoms with Crippen molar-refractivity contribution in [3.05, 3.63) is 65.3 Å². The molecule has 1 saturated heterocycles. The Morgan fingerprint density at radius 1 is 1.21 bits per heavy atom. The maximum atomic E-state index is 13.1. The lowest BCUT2D eigenvalue weighted by Gasteiger charge is -2.33. The lowest BCUT2D eigenvalue weighted by atomic mass is 9.97. The molecule has 2 aromatic carbocycles. The molecule has 3 heterocycles. The lowest BCUT2D eigenvalue weighted by molar-refractivity contribution is 0.0280. The van der Waals surface area contributed by atoms with E-state index in [2.05, 4.69) is 16.7 Å². The number of nitrogens with one attached hydrogen (secondary N) is 1. The van der Waals surface area contributed by atoms with E-state index in [-0.39, 0.29) is 12.0 Å². The minimum absolute atomic E-state index is 0.0987. The highest BCUT2D eigenvalue weighted by Gasteiger charge is 2.26. The zero-order valence-corrected chi connectivity index (χ0v) is 18.7. The number of carbonyl (C=O) groups is 2. The standard InChI is InChI=1S/C25H24N4O4/c1-12-10-29(11-13(2)32-12)25(31)16-5-6-18-19-7-17(22-14(3)28-33-15(22)4)8-20(24(26)30)23(19)27-21(18)9-16/h5-9,13,27H,1,10-11H2,2-4H3,(H2,26,30)/t13-/m0/s1. The number of nitrogens with two attached hydrogens (primary N) is 1. The fourth-order valence-electron chi connectivity index (χ4n) is 4.66. The van der Waals surface area contributed by atoms with Crippen LogP contribution in [0.5, 0.6) is 0 Å². The van der Waals surface area contributed by atoms with Gasteiger partial charge < -0.3 is 24.9 Å². The molecule has 0 saturated carbocycles. The molecule has 2 amide bonds. The summed E-state index contributed by atoms with van der Waals surface area (Å²) in [5.74, 6) is 0.596. The number of fused-ring (bicyclic) bond motifs is 3. The summed E-state index contributed by atoms with van der Waals surface area (Å²) in [6, 6.07) is 9.23. The monoisotopic (exact) mass is 444 g/mol. The van der Waals surface area contributed by atoms with Gasteiger partial charge in [-0.3, -0.25) is 9.59 Å². The first-order chi connectivity index (χ1) is 15.7. The van der Waals surface area contributed by atoms with Gasteiger partial charge in [0.2, 0.25) is 0 Å². The van der Waals surface area contributed by atoms with Gasteiger partial charge in [-0.25, -0.2) is 0 Å². The number of amides is 2. The Morgan fingerprint density at radius 2 is 2.00 bits per heavy atom. The van der Waals surface area contributed by atoms with E-state index in [1.54, 1.807) is 23.1 Å². The number of rotatable bonds is 3. The highest BCUT2D eigenvalue weighted by atomic mass is 16.5. The predicted octanol–water partition coefficient (Wildman–Crippen LogP) is 4.07. The van der Waals surface area contributed by atoms with Gasteiger partial charge in [0.15, 0.2) is 0 Å². The molecule has 0 spiro atoms. The molecular formula is C25H24N4O4. The number of benzene rings is 2. The van der Waals surface area contributed by atoms with Gasteiger partial charge in [-0.1, -0.05) is 17.8 Å². The van der Waals surface area contributed by atoms with Crippen LogP contribution in [0, 0.1) is 13.8 Å². The Morgan fingerprint density at radius 3 is 2.67 bits per heavy atom. The molecule has 168 valence electrons. The molecule has 5 rings (SSSR count). The molecule has 8 nitrogen and oxygen atoms in total. The van der Waals surface area contributed by atoms with Crippen LogP contribution in [0.3, 0.4) is 0 Å². The molecule has 0 unspecified atom stereocenters. The average Bonchev–Trinajstić information content (AvgIpc) is 3.30. The molecule has 3 N–H and O–H groups in total. The van der Waals surface area contributed by atoms with Gasteiger partial charge in [-0.05, 0) is 50.6 Å². The second-order valence-corrected chi connectivity index (χ2v) is 8.55. The van der Waals surface area contributed by atoms with Crippen LogP contribution in [-0.4, -0.2) is 46.0 Å². The van der Waals surface area contributed by atoms with Crippen molar-refractivity contribution in [3.63, 3.8) is 0 Å². The van der Waals surface area contributed by atoms with Crippen molar-refractivity contribution in [3.8, 4) is 11.1 Å². The summed E-state index contributed by atoms with van der Waals surface area (Å²) in [7, 11) is 0. The van der Waals surface area contributed by atoms with Gasteiger partial charge in [0.1, 0.15) is 17.6 Å².